The van der Waals surface area contributed by atoms with Gasteiger partial charge in [-0.1, -0.05) is 19.4 Å². The summed E-state index contributed by atoms with van der Waals surface area (Å²) < 4.78 is 5.77. The van der Waals surface area contributed by atoms with Crippen molar-refractivity contribution in [3.63, 3.8) is 0 Å². The van der Waals surface area contributed by atoms with Crippen LogP contribution in [0.15, 0.2) is 28.7 Å². The number of ether oxygens (including phenoxy) is 1. The topological polar surface area (TPSA) is 71.4 Å². The maximum Gasteiger partial charge on any atom is 0.218 e. The minimum Gasteiger partial charge on any atom is -0.477 e. The zero-order valence-corrected chi connectivity index (χ0v) is 18.8. The highest BCUT2D eigenvalue weighted by atomic mass is 127. The summed E-state index contributed by atoms with van der Waals surface area (Å²) in [4.78, 5) is 13.1. The van der Waals surface area contributed by atoms with E-state index in [0.717, 1.165) is 48.0 Å². The van der Waals surface area contributed by atoms with Crippen LogP contribution < -0.4 is 15.4 Å². The summed E-state index contributed by atoms with van der Waals surface area (Å²) in [7, 11) is 1.77. The van der Waals surface area contributed by atoms with Crippen molar-refractivity contribution in [2.75, 3.05) is 20.2 Å². The van der Waals surface area contributed by atoms with E-state index in [1.807, 2.05) is 19.1 Å². The highest BCUT2D eigenvalue weighted by Crippen LogP contribution is 2.14. The van der Waals surface area contributed by atoms with Gasteiger partial charge in [0.15, 0.2) is 5.96 Å². The number of hydrogen-bond acceptors (Lipinski definition) is 5. The van der Waals surface area contributed by atoms with Gasteiger partial charge in [0.05, 0.1) is 17.3 Å². The first-order chi connectivity index (χ1) is 12.2. The van der Waals surface area contributed by atoms with Crippen molar-refractivity contribution < 1.29 is 4.74 Å². The molecule has 2 rings (SSSR count). The van der Waals surface area contributed by atoms with E-state index in [1.165, 1.54) is 0 Å². The van der Waals surface area contributed by atoms with Gasteiger partial charge in [0.25, 0.3) is 0 Å². The van der Waals surface area contributed by atoms with Gasteiger partial charge in [0.2, 0.25) is 5.88 Å². The zero-order chi connectivity index (χ0) is 17.9. The number of unbranched alkanes of at least 4 members (excludes halogenated alkanes) is 1. The van der Waals surface area contributed by atoms with Gasteiger partial charge in [0.1, 0.15) is 0 Å². The van der Waals surface area contributed by atoms with E-state index in [4.69, 9.17) is 4.74 Å². The van der Waals surface area contributed by atoms with Crippen molar-refractivity contribution in [2.45, 2.75) is 39.7 Å². The lowest BCUT2D eigenvalue weighted by Gasteiger charge is -2.13. The number of thiazole rings is 1. The number of nitrogens with zero attached hydrogens (tertiary/aromatic N) is 3. The molecule has 2 heterocycles. The smallest absolute Gasteiger partial charge is 0.218 e. The minimum atomic E-state index is 0. The molecule has 2 aromatic rings. The predicted molar refractivity (Wildman–Crippen MR) is 119 cm³/mol. The second-order valence-electron chi connectivity index (χ2n) is 5.63. The molecule has 0 fully saturated rings. The molecule has 0 unspecified atom stereocenters. The molecule has 0 bridgehead atoms. The monoisotopic (exact) mass is 489 g/mol. The summed E-state index contributed by atoms with van der Waals surface area (Å²) in [5.41, 5.74) is 2.14. The quantitative estimate of drug-likeness (QED) is 0.244. The Labute approximate surface area is 176 Å². The average molecular weight is 489 g/mol. The van der Waals surface area contributed by atoms with E-state index in [0.29, 0.717) is 19.0 Å². The van der Waals surface area contributed by atoms with Crippen molar-refractivity contribution in [1.29, 1.82) is 0 Å². The molecule has 0 spiro atoms. The van der Waals surface area contributed by atoms with E-state index >= 15 is 0 Å². The zero-order valence-electron chi connectivity index (χ0n) is 15.6. The van der Waals surface area contributed by atoms with Crippen LogP contribution in [0.5, 0.6) is 5.88 Å². The molecular weight excluding hydrogens is 461 g/mol. The molecule has 2 aromatic heterocycles. The number of aliphatic imine (C=N–C) groups is 1. The number of guanidine groups is 1. The van der Waals surface area contributed by atoms with Gasteiger partial charge in [-0.2, -0.15) is 0 Å². The molecular formula is C18H28IN5OS. The minimum absolute atomic E-state index is 0. The summed E-state index contributed by atoms with van der Waals surface area (Å²) in [5, 5.41) is 9.82. The Hall–Kier alpha value is -1.42. The highest BCUT2D eigenvalue weighted by Gasteiger charge is 2.06. The van der Waals surface area contributed by atoms with Gasteiger partial charge in [0, 0.05) is 43.7 Å². The first-order valence-electron chi connectivity index (χ1n) is 8.65. The van der Waals surface area contributed by atoms with Crippen LogP contribution in [0.2, 0.25) is 0 Å². The summed E-state index contributed by atoms with van der Waals surface area (Å²) in [5.74, 6) is 1.45. The summed E-state index contributed by atoms with van der Waals surface area (Å²) in [6.07, 6.45) is 4.77. The lowest BCUT2D eigenvalue weighted by molar-refractivity contribution is 0.294. The number of halogens is 1. The molecule has 0 aliphatic carbocycles. The highest BCUT2D eigenvalue weighted by molar-refractivity contribution is 14.0. The van der Waals surface area contributed by atoms with E-state index < -0.39 is 0 Å². The fraction of sp³-hybridized carbons (Fsp3) is 0.500. The summed E-state index contributed by atoms with van der Waals surface area (Å²) in [6, 6.07) is 3.94. The summed E-state index contributed by atoms with van der Waals surface area (Å²) >= 11 is 1.68. The molecule has 0 aromatic carbocycles. The van der Waals surface area contributed by atoms with Gasteiger partial charge >= 0.3 is 0 Å². The third kappa shape index (κ3) is 7.86. The Morgan fingerprint density at radius 3 is 2.88 bits per heavy atom. The van der Waals surface area contributed by atoms with Gasteiger partial charge in [-0.25, -0.2) is 9.97 Å². The second kappa shape index (κ2) is 12.9. The molecule has 0 atom stereocenters. The molecule has 8 heteroatoms. The van der Waals surface area contributed by atoms with Crippen LogP contribution in [0.4, 0.5) is 0 Å². The molecule has 0 aliphatic heterocycles. The average Bonchev–Trinajstić information content (AvgIpc) is 3.04. The fourth-order valence-corrected chi connectivity index (χ4v) is 2.88. The van der Waals surface area contributed by atoms with Crippen molar-refractivity contribution in [3.8, 4) is 5.88 Å². The van der Waals surface area contributed by atoms with E-state index in [2.05, 4.69) is 37.9 Å². The first kappa shape index (κ1) is 22.6. The maximum atomic E-state index is 5.77. The molecule has 2 N–H and O–H groups in total. The first-order valence-corrected chi connectivity index (χ1v) is 9.53. The number of aromatic nitrogens is 2. The van der Waals surface area contributed by atoms with E-state index in [-0.39, 0.29) is 24.0 Å². The fourth-order valence-electron chi connectivity index (χ4n) is 2.23. The molecule has 0 amide bonds. The number of aryl methyl sites for hydroxylation is 1. The van der Waals surface area contributed by atoms with Crippen LogP contribution in [0.1, 0.15) is 36.0 Å². The van der Waals surface area contributed by atoms with Crippen LogP contribution in [-0.2, 0) is 13.0 Å². The van der Waals surface area contributed by atoms with Crippen LogP contribution in [0.25, 0.3) is 0 Å². The molecule has 144 valence electrons. The third-order valence-electron chi connectivity index (χ3n) is 3.60. The van der Waals surface area contributed by atoms with Crippen molar-refractivity contribution in [2.24, 2.45) is 4.99 Å². The van der Waals surface area contributed by atoms with Crippen LogP contribution in [0, 0.1) is 6.92 Å². The Bertz CT molecular complexity index is 677. The van der Waals surface area contributed by atoms with Crippen molar-refractivity contribution in [1.82, 2.24) is 20.6 Å². The van der Waals surface area contributed by atoms with Crippen molar-refractivity contribution >= 4 is 41.3 Å². The second-order valence-corrected chi connectivity index (χ2v) is 6.69. The van der Waals surface area contributed by atoms with Gasteiger partial charge in [-0.15, -0.1) is 35.3 Å². The number of rotatable bonds is 9. The van der Waals surface area contributed by atoms with Crippen LogP contribution in [-0.4, -0.2) is 36.1 Å². The van der Waals surface area contributed by atoms with Gasteiger partial charge in [-0.05, 0) is 19.4 Å². The summed E-state index contributed by atoms with van der Waals surface area (Å²) in [6.45, 7) is 6.27. The SMILES string of the molecule is CCCCOc1ncccc1CNC(=NC)NCCc1csc(C)n1.I. The number of hydrogen-bond donors (Lipinski definition) is 2. The molecule has 0 saturated carbocycles. The van der Waals surface area contributed by atoms with Crippen LogP contribution >= 0.6 is 35.3 Å². The Morgan fingerprint density at radius 2 is 2.19 bits per heavy atom. The lowest BCUT2D eigenvalue weighted by Crippen LogP contribution is -2.38. The predicted octanol–water partition coefficient (Wildman–Crippen LogP) is 3.55. The number of pyridine rings is 1. The number of nitrogens with one attached hydrogen (secondary N) is 2. The Balaban J connectivity index is 0.00000338. The van der Waals surface area contributed by atoms with Gasteiger partial charge in [-0.3, -0.25) is 4.99 Å². The van der Waals surface area contributed by atoms with E-state index in [9.17, 15) is 0 Å². The van der Waals surface area contributed by atoms with E-state index in [1.54, 1.807) is 24.6 Å². The van der Waals surface area contributed by atoms with Crippen LogP contribution in [0.3, 0.4) is 0 Å². The lowest BCUT2D eigenvalue weighted by atomic mass is 10.2. The third-order valence-corrected chi connectivity index (χ3v) is 4.42. The molecule has 0 saturated heterocycles. The maximum absolute atomic E-state index is 5.77. The molecule has 0 radical (unpaired) electrons. The Kier molecular flexibility index (Phi) is 11.2. The molecule has 0 aliphatic rings. The standard InChI is InChI=1S/C18H27N5OS.HI/c1-4-5-11-24-17-15(7-6-9-20-17)12-22-18(19-3)21-10-8-16-13-25-14(2)23-16;/h6-7,9,13H,4-5,8,10-12H2,1-3H3,(H2,19,21,22);1H. The Morgan fingerprint density at radius 1 is 1.35 bits per heavy atom. The normalized spacial score (nSPS) is 11.0. The van der Waals surface area contributed by atoms with Crippen molar-refractivity contribution in [3.05, 3.63) is 40.0 Å². The molecule has 6 nitrogen and oxygen atoms in total. The molecule has 26 heavy (non-hydrogen) atoms. The van der Waals surface area contributed by atoms with Gasteiger partial charge < -0.3 is 15.4 Å². The largest absolute Gasteiger partial charge is 0.477 e.